The van der Waals surface area contributed by atoms with E-state index in [0.29, 0.717) is 47.7 Å². The van der Waals surface area contributed by atoms with Crippen molar-refractivity contribution >= 4 is 12.1 Å². The van der Waals surface area contributed by atoms with Gasteiger partial charge in [0.2, 0.25) is 12.5 Å². The Hall–Kier alpha value is -3.86. The highest BCUT2D eigenvalue weighted by atomic mass is 16.7. The molecular weight excluding hydrogens is 472 g/mol. The number of aromatic hydroxyl groups is 1. The number of carbonyl (C=O) groups excluding carboxylic acids is 2. The van der Waals surface area contributed by atoms with Gasteiger partial charge in [-0.3, -0.25) is 4.79 Å². The Kier molecular flexibility index (Phi) is 6.40. The van der Waals surface area contributed by atoms with Gasteiger partial charge in [-0.25, -0.2) is 4.79 Å². The van der Waals surface area contributed by atoms with Gasteiger partial charge in [-0.15, -0.1) is 0 Å². The van der Waals surface area contributed by atoms with Gasteiger partial charge in [-0.2, -0.15) is 0 Å². The van der Waals surface area contributed by atoms with E-state index in [1.165, 1.54) is 14.2 Å². The Bertz CT molecular complexity index is 1160. The van der Waals surface area contributed by atoms with Gasteiger partial charge in [0.25, 0.3) is 0 Å². The van der Waals surface area contributed by atoms with Crippen molar-refractivity contribution in [2.75, 3.05) is 40.7 Å². The van der Waals surface area contributed by atoms with Gasteiger partial charge in [0.05, 0.1) is 26.7 Å². The SMILES string of the molecule is COc1cc([C@@H]2c3cc4c(cc3[C@@H](OC(=O)NCCCN)C3COC(=O)[C@@H]32)OCO4)cc(OC)c1O. The molecule has 1 fully saturated rings. The summed E-state index contributed by atoms with van der Waals surface area (Å²) >= 11 is 0. The van der Waals surface area contributed by atoms with E-state index in [1.807, 2.05) is 0 Å². The second-order valence-corrected chi connectivity index (χ2v) is 8.80. The molecule has 2 aliphatic heterocycles. The van der Waals surface area contributed by atoms with E-state index >= 15 is 0 Å². The molecule has 192 valence electrons. The standard InChI is InChI=1S/C25H28N2O9/c1-31-18-6-12(7-19(32-2)22(18)28)20-13-8-16-17(35-11-34-16)9-14(13)23(15-10-33-24(29)21(15)20)36-25(30)27-5-3-4-26/h6-9,15,20-21,23,28H,3-5,10-11,26H2,1-2H3,(H,27,30)/t15?,20-,21+,23-/m1/s1. The molecule has 0 bridgehead atoms. The molecule has 1 aliphatic carbocycles. The molecule has 2 heterocycles. The minimum absolute atomic E-state index is 0.0593. The lowest BCUT2D eigenvalue weighted by atomic mass is 9.66. The van der Waals surface area contributed by atoms with Crippen LogP contribution >= 0.6 is 0 Å². The highest BCUT2D eigenvalue weighted by Crippen LogP contribution is 2.56. The number of phenolic OH excluding ortho intramolecular Hbond substituents is 1. The summed E-state index contributed by atoms with van der Waals surface area (Å²) in [5, 5.41) is 13.2. The summed E-state index contributed by atoms with van der Waals surface area (Å²) in [7, 11) is 2.87. The molecule has 0 radical (unpaired) electrons. The Balaban J connectivity index is 1.64. The number of nitrogens with two attached hydrogens (primary N) is 1. The number of alkyl carbamates (subject to hydrolysis) is 1. The average Bonchev–Trinajstić information content (AvgIpc) is 3.49. The second kappa shape index (κ2) is 9.65. The Morgan fingerprint density at radius 2 is 1.75 bits per heavy atom. The van der Waals surface area contributed by atoms with E-state index in [2.05, 4.69) is 5.32 Å². The first-order valence-electron chi connectivity index (χ1n) is 11.7. The van der Waals surface area contributed by atoms with Gasteiger partial charge in [0.15, 0.2) is 23.0 Å². The van der Waals surface area contributed by atoms with Crippen LogP contribution in [0.2, 0.25) is 0 Å². The zero-order valence-electron chi connectivity index (χ0n) is 19.9. The molecule has 2 aromatic rings. The molecule has 1 unspecified atom stereocenters. The highest BCUT2D eigenvalue weighted by Gasteiger charge is 2.54. The second-order valence-electron chi connectivity index (χ2n) is 8.80. The summed E-state index contributed by atoms with van der Waals surface area (Å²) in [5.74, 6) is -0.748. The quantitative estimate of drug-likeness (QED) is 0.382. The van der Waals surface area contributed by atoms with Crippen LogP contribution in [-0.4, -0.2) is 57.9 Å². The van der Waals surface area contributed by atoms with Crippen molar-refractivity contribution in [2.24, 2.45) is 17.6 Å². The predicted octanol–water partition coefficient (Wildman–Crippen LogP) is 2.19. The van der Waals surface area contributed by atoms with Gasteiger partial charge in [0.1, 0.15) is 6.10 Å². The van der Waals surface area contributed by atoms with Crippen molar-refractivity contribution in [3.8, 4) is 28.7 Å². The van der Waals surface area contributed by atoms with Crippen molar-refractivity contribution in [1.29, 1.82) is 0 Å². The number of fused-ring (bicyclic) bond motifs is 3. The molecule has 11 nitrogen and oxygen atoms in total. The fourth-order valence-electron chi connectivity index (χ4n) is 5.21. The number of carbonyl (C=O) groups is 2. The van der Waals surface area contributed by atoms with Crippen molar-refractivity contribution in [3.05, 3.63) is 41.0 Å². The molecule has 36 heavy (non-hydrogen) atoms. The smallest absolute Gasteiger partial charge is 0.407 e. The summed E-state index contributed by atoms with van der Waals surface area (Å²) in [5.41, 5.74) is 7.58. The van der Waals surface area contributed by atoms with E-state index in [-0.39, 0.29) is 30.6 Å². The minimum Gasteiger partial charge on any atom is -0.502 e. The van der Waals surface area contributed by atoms with Gasteiger partial charge >= 0.3 is 12.1 Å². The normalized spacial score (nSPS) is 23.4. The van der Waals surface area contributed by atoms with Crippen LogP contribution < -0.4 is 30.0 Å². The predicted molar refractivity (Wildman–Crippen MR) is 124 cm³/mol. The van der Waals surface area contributed by atoms with Crippen molar-refractivity contribution < 1.29 is 43.1 Å². The van der Waals surface area contributed by atoms with E-state index in [0.717, 1.165) is 0 Å². The van der Waals surface area contributed by atoms with Crippen LogP contribution in [0.4, 0.5) is 4.79 Å². The molecule has 11 heteroatoms. The molecule has 5 rings (SSSR count). The number of hydrogen-bond donors (Lipinski definition) is 3. The summed E-state index contributed by atoms with van der Waals surface area (Å²) in [4.78, 5) is 25.7. The number of hydrogen-bond acceptors (Lipinski definition) is 10. The van der Waals surface area contributed by atoms with E-state index in [9.17, 15) is 14.7 Å². The maximum Gasteiger partial charge on any atom is 0.407 e. The first-order valence-corrected chi connectivity index (χ1v) is 11.7. The van der Waals surface area contributed by atoms with Crippen molar-refractivity contribution in [2.45, 2.75) is 18.4 Å². The number of nitrogens with one attached hydrogen (secondary N) is 1. The Labute approximate surface area is 207 Å². The number of rotatable bonds is 7. The number of phenols is 1. The first-order chi connectivity index (χ1) is 17.5. The van der Waals surface area contributed by atoms with Crippen LogP contribution in [-0.2, 0) is 14.3 Å². The fourth-order valence-corrected chi connectivity index (χ4v) is 5.21. The zero-order valence-corrected chi connectivity index (χ0v) is 19.9. The fraction of sp³-hybridized carbons (Fsp3) is 0.440. The van der Waals surface area contributed by atoms with Crippen LogP contribution in [0.15, 0.2) is 24.3 Å². The third kappa shape index (κ3) is 3.98. The molecule has 0 aromatic heterocycles. The molecule has 1 amide bonds. The van der Waals surface area contributed by atoms with Crippen molar-refractivity contribution in [1.82, 2.24) is 5.32 Å². The first kappa shape index (κ1) is 23.9. The maximum absolute atomic E-state index is 13.1. The van der Waals surface area contributed by atoms with Gasteiger partial charge in [-0.05, 0) is 48.4 Å². The maximum atomic E-state index is 13.1. The Morgan fingerprint density at radius 1 is 1.08 bits per heavy atom. The topological polar surface area (TPSA) is 148 Å². The number of amides is 1. The highest BCUT2D eigenvalue weighted by molar-refractivity contribution is 5.79. The lowest BCUT2D eigenvalue weighted by Gasteiger charge is -2.38. The summed E-state index contributed by atoms with van der Waals surface area (Å²) in [6.07, 6.45) is -0.766. The lowest BCUT2D eigenvalue weighted by Crippen LogP contribution is -2.38. The number of cyclic esters (lactones) is 1. The minimum atomic E-state index is -0.763. The largest absolute Gasteiger partial charge is 0.502 e. The van der Waals surface area contributed by atoms with Crippen LogP contribution in [0.1, 0.15) is 35.1 Å². The summed E-state index contributed by atoms with van der Waals surface area (Å²) in [6, 6.07) is 6.93. The van der Waals surface area contributed by atoms with E-state index in [1.54, 1.807) is 24.3 Å². The molecule has 2 aromatic carbocycles. The monoisotopic (exact) mass is 500 g/mol. The molecular formula is C25H28N2O9. The average molecular weight is 501 g/mol. The third-order valence-electron chi connectivity index (χ3n) is 6.86. The summed E-state index contributed by atoms with van der Waals surface area (Å²) in [6.45, 7) is 0.949. The zero-order chi connectivity index (χ0) is 25.4. The van der Waals surface area contributed by atoms with Crippen LogP contribution in [0.25, 0.3) is 0 Å². The van der Waals surface area contributed by atoms with Crippen LogP contribution in [0.3, 0.4) is 0 Å². The third-order valence-corrected chi connectivity index (χ3v) is 6.86. The lowest BCUT2D eigenvalue weighted by molar-refractivity contribution is -0.141. The number of methoxy groups -OCH3 is 2. The molecule has 0 spiro atoms. The molecule has 0 saturated carbocycles. The Morgan fingerprint density at radius 3 is 2.39 bits per heavy atom. The van der Waals surface area contributed by atoms with Crippen LogP contribution in [0.5, 0.6) is 28.7 Å². The van der Waals surface area contributed by atoms with Crippen molar-refractivity contribution in [3.63, 3.8) is 0 Å². The van der Waals surface area contributed by atoms with Crippen LogP contribution in [0, 0.1) is 11.8 Å². The van der Waals surface area contributed by atoms with Gasteiger partial charge in [-0.1, -0.05) is 0 Å². The molecule has 1 saturated heterocycles. The summed E-state index contributed by atoms with van der Waals surface area (Å²) < 4.78 is 33.3. The van der Waals surface area contributed by atoms with E-state index < -0.39 is 35.9 Å². The number of ether oxygens (including phenoxy) is 6. The molecule has 4 atom stereocenters. The number of benzene rings is 2. The van der Waals surface area contributed by atoms with Gasteiger partial charge in [0, 0.05) is 23.9 Å². The van der Waals surface area contributed by atoms with Gasteiger partial charge < -0.3 is 44.6 Å². The van der Waals surface area contributed by atoms with E-state index in [4.69, 9.17) is 34.2 Å². The molecule has 4 N–H and O–H groups in total. The number of esters is 1. The molecule has 3 aliphatic rings.